The van der Waals surface area contributed by atoms with Crippen molar-refractivity contribution in [1.82, 2.24) is 10.2 Å². The summed E-state index contributed by atoms with van der Waals surface area (Å²) in [6.45, 7) is 3.93. The third-order valence-corrected chi connectivity index (χ3v) is 2.93. The van der Waals surface area contributed by atoms with Gasteiger partial charge in [0, 0.05) is 13.2 Å². The molecule has 1 unspecified atom stereocenters. The first-order chi connectivity index (χ1) is 6.88. The average Bonchev–Trinajstić information content (AvgIpc) is 2.44. The molecule has 2 rings (SSSR count). The molecule has 0 bridgehead atoms. The van der Waals surface area contributed by atoms with Gasteiger partial charge in [-0.05, 0) is 25.8 Å². The summed E-state index contributed by atoms with van der Waals surface area (Å²) in [6.07, 6.45) is 3.25. The minimum atomic E-state index is 0.234. The largest absolute Gasteiger partial charge is 0.379 e. The molecule has 80 valence electrons. The minimum absolute atomic E-state index is 0.234. The van der Waals surface area contributed by atoms with Crippen molar-refractivity contribution in [1.29, 1.82) is 0 Å². The number of rotatable bonds is 1. The summed E-state index contributed by atoms with van der Waals surface area (Å²) in [5, 5.41) is 3.13. The molecule has 0 aromatic carbocycles. The zero-order chi connectivity index (χ0) is 9.80. The molecule has 0 radical (unpaired) electrons. The first-order valence-electron chi connectivity index (χ1n) is 5.46. The molecule has 1 N–H and O–H groups in total. The number of amides is 1. The Morgan fingerprint density at radius 1 is 1.43 bits per heavy atom. The third kappa shape index (κ3) is 2.25. The van der Waals surface area contributed by atoms with E-state index in [4.69, 9.17) is 4.74 Å². The maximum absolute atomic E-state index is 11.7. The fraction of sp³-hybridized carbons (Fsp3) is 0.900. The van der Waals surface area contributed by atoms with Crippen molar-refractivity contribution in [2.75, 3.05) is 32.8 Å². The molecule has 1 atom stereocenters. The highest BCUT2D eigenvalue weighted by Crippen LogP contribution is 2.14. The lowest BCUT2D eigenvalue weighted by Gasteiger charge is -2.33. The predicted molar refractivity (Wildman–Crippen MR) is 53.0 cm³/mol. The highest BCUT2D eigenvalue weighted by atomic mass is 16.5. The lowest BCUT2D eigenvalue weighted by molar-refractivity contribution is -0.134. The monoisotopic (exact) mass is 198 g/mol. The van der Waals surface area contributed by atoms with Crippen molar-refractivity contribution < 1.29 is 9.53 Å². The van der Waals surface area contributed by atoms with Crippen LogP contribution >= 0.6 is 0 Å². The normalized spacial score (nSPS) is 30.1. The Morgan fingerprint density at radius 2 is 2.36 bits per heavy atom. The Bertz CT molecular complexity index is 202. The second-order valence-corrected chi connectivity index (χ2v) is 3.99. The van der Waals surface area contributed by atoms with Crippen molar-refractivity contribution in [2.24, 2.45) is 0 Å². The molecule has 2 aliphatic rings. The Kier molecular flexibility index (Phi) is 3.37. The van der Waals surface area contributed by atoms with Gasteiger partial charge in [0.15, 0.2) is 0 Å². The smallest absolute Gasteiger partial charge is 0.236 e. The molecule has 4 nitrogen and oxygen atoms in total. The summed E-state index contributed by atoms with van der Waals surface area (Å²) in [5.74, 6) is 0.234. The molecule has 0 saturated carbocycles. The van der Waals surface area contributed by atoms with Crippen LogP contribution in [-0.2, 0) is 9.53 Å². The summed E-state index contributed by atoms with van der Waals surface area (Å²) in [5.41, 5.74) is 0. The Hall–Kier alpha value is -0.610. The summed E-state index contributed by atoms with van der Waals surface area (Å²) < 4.78 is 5.41. The number of hydrogen-bond donors (Lipinski definition) is 1. The van der Waals surface area contributed by atoms with Crippen molar-refractivity contribution in [3.8, 4) is 0 Å². The summed E-state index contributed by atoms with van der Waals surface area (Å²) in [7, 11) is 0. The fourth-order valence-electron chi connectivity index (χ4n) is 2.15. The minimum Gasteiger partial charge on any atom is -0.379 e. The zero-order valence-corrected chi connectivity index (χ0v) is 8.50. The van der Waals surface area contributed by atoms with Crippen LogP contribution in [0.15, 0.2) is 0 Å². The van der Waals surface area contributed by atoms with Crippen LogP contribution in [0.3, 0.4) is 0 Å². The molecule has 4 heteroatoms. The molecule has 2 heterocycles. The molecule has 0 aromatic heterocycles. The van der Waals surface area contributed by atoms with E-state index in [9.17, 15) is 4.79 Å². The van der Waals surface area contributed by atoms with Gasteiger partial charge in [-0.15, -0.1) is 0 Å². The Balaban J connectivity index is 1.95. The topological polar surface area (TPSA) is 41.6 Å². The maximum atomic E-state index is 11.7. The Labute approximate surface area is 84.6 Å². The van der Waals surface area contributed by atoms with Gasteiger partial charge < -0.3 is 15.0 Å². The van der Waals surface area contributed by atoms with E-state index in [-0.39, 0.29) is 5.91 Å². The van der Waals surface area contributed by atoms with Crippen LogP contribution in [0.25, 0.3) is 0 Å². The van der Waals surface area contributed by atoms with Gasteiger partial charge in [-0.1, -0.05) is 0 Å². The molecular weight excluding hydrogens is 180 g/mol. The molecule has 2 fully saturated rings. The van der Waals surface area contributed by atoms with E-state index in [2.05, 4.69) is 5.32 Å². The molecule has 0 aromatic rings. The predicted octanol–water partition coefficient (Wildman–Crippen LogP) is -0.0127. The number of carbonyl (C=O) groups excluding carboxylic acids is 1. The second-order valence-electron chi connectivity index (χ2n) is 3.99. The number of nitrogens with zero attached hydrogens (tertiary/aromatic N) is 1. The summed E-state index contributed by atoms with van der Waals surface area (Å²) in [4.78, 5) is 13.7. The SMILES string of the molecule is O=C1CNCCCN1C1CCCOC1. The lowest BCUT2D eigenvalue weighted by Crippen LogP contribution is -2.46. The molecular formula is C10H18N2O2. The zero-order valence-electron chi connectivity index (χ0n) is 8.50. The van der Waals surface area contributed by atoms with E-state index >= 15 is 0 Å². The number of carbonyl (C=O) groups is 1. The molecule has 0 spiro atoms. The summed E-state index contributed by atoms with van der Waals surface area (Å²) in [6, 6.07) is 0.330. The molecule has 2 saturated heterocycles. The highest BCUT2D eigenvalue weighted by Gasteiger charge is 2.26. The third-order valence-electron chi connectivity index (χ3n) is 2.93. The van der Waals surface area contributed by atoms with E-state index in [0.717, 1.165) is 45.6 Å². The number of ether oxygens (including phenoxy) is 1. The summed E-state index contributed by atoms with van der Waals surface area (Å²) >= 11 is 0. The van der Waals surface area contributed by atoms with Gasteiger partial charge in [-0.3, -0.25) is 4.79 Å². The fourth-order valence-corrected chi connectivity index (χ4v) is 2.15. The maximum Gasteiger partial charge on any atom is 0.236 e. The molecule has 14 heavy (non-hydrogen) atoms. The van der Waals surface area contributed by atoms with E-state index in [1.165, 1.54) is 0 Å². The average molecular weight is 198 g/mol. The van der Waals surface area contributed by atoms with Crippen LogP contribution < -0.4 is 5.32 Å². The van der Waals surface area contributed by atoms with Crippen LogP contribution in [0.5, 0.6) is 0 Å². The number of nitrogens with one attached hydrogen (secondary N) is 1. The molecule has 2 aliphatic heterocycles. The molecule has 1 amide bonds. The molecule has 0 aliphatic carbocycles. The van der Waals surface area contributed by atoms with Crippen LogP contribution in [0.2, 0.25) is 0 Å². The highest BCUT2D eigenvalue weighted by molar-refractivity contribution is 5.78. The van der Waals surface area contributed by atoms with Gasteiger partial charge in [-0.2, -0.15) is 0 Å². The van der Waals surface area contributed by atoms with E-state index in [0.29, 0.717) is 12.6 Å². The van der Waals surface area contributed by atoms with Crippen LogP contribution in [-0.4, -0.2) is 49.7 Å². The van der Waals surface area contributed by atoms with E-state index in [1.807, 2.05) is 4.90 Å². The van der Waals surface area contributed by atoms with Gasteiger partial charge in [-0.25, -0.2) is 0 Å². The van der Waals surface area contributed by atoms with Gasteiger partial charge >= 0.3 is 0 Å². The Morgan fingerprint density at radius 3 is 3.14 bits per heavy atom. The van der Waals surface area contributed by atoms with Gasteiger partial charge in [0.05, 0.1) is 19.2 Å². The van der Waals surface area contributed by atoms with E-state index < -0.39 is 0 Å². The van der Waals surface area contributed by atoms with Crippen molar-refractivity contribution in [3.05, 3.63) is 0 Å². The van der Waals surface area contributed by atoms with Crippen molar-refractivity contribution in [3.63, 3.8) is 0 Å². The second kappa shape index (κ2) is 4.75. The van der Waals surface area contributed by atoms with Crippen LogP contribution in [0, 0.1) is 0 Å². The quantitative estimate of drug-likeness (QED) is 0.644. The van der Waals surface area contributed by atoms with Crippen molar-refractivity contribution in [2.45, 2.75) is 25.3 Å². The van der Waals surface area contributed by atoms with E-state index in [1.54, 1.807) is 0 Å². The lowest BCUT2D eigenvalue weighted by atomic mass is 10.1. The van der Waals surface area contributed by atoms with Gasteiger partial charge in [0.2, 0.25) is 5.91 Å². The standard InChI is InChI=1S/C10H18N2O2/c13-10-7-11-4-2-5-12(10)9-3-1-6-14-8-9/h9,11H,1-8H2. The van der Waals surface area contributed by atoms with Crippen molar-refractivity contribution >= 4 is 5.91 Å². The van der Waals surface area contributed by atoms with Crippen LogP contribution in [0.4, 0.5) is 0 Å². The number of hydrogen-bond acceptors (Lipinski definition) is 3. The van der Waals surface area contributed by atoms with Crippen LogP contribution in [0.1, 0.15) is 19.3 Å². The van der Waals surface area contributed by atoms with Gasteiger partial charge in [0.1, 0.15) is 0 Å². The first kappa shape index (κ1) is 9.93. The van der Waals surface area contributed by atoms with Gasteiger partial charge in [0.25, 0.3) is 0 Å². The first-order valence-corrected chi connectivity index (χ1v) is 5.46.